The van der Waals surface area contributed by atoms with Crippen LogP contribution in [0.3, 0.4) is 0 Å². The van der Waals surface area contributed by atoms with Crippen LogP contribution in [0.5, 0.6) is 0 Å². The van der Waals surface area contributed by atoms with Gasteiger partial charge in [-0.05, 0) is 71.5 Å². The highest BCUT2D eigenvalue weighted by atomic mass is 19.4. The molecule has 6 nitrogen and oxygen atoms in total. The van der Waals surface area contributed by atoms with E-state index >= 15 is 0 Å². The van der Waals surface area contributed by atoms with Crippen molar-refractivity contribution in [1.29, 1.82) is 0 Å². The second kappa shape index (κ2) is 9.46. The molecule has 9 heteroatoms. The molecule has 0 unspecified atom stereocenters. The van der Waals surface area contributed by atoms with Crippen LogP contribution in [0.4, 0.5) is 24.5 Å². The molecular formula is C27H26F3N3O3. The van der Waals surface area contributed by atoms with Crippen LogP contribution in [-0.4, -0.2) is 41.9 Å². The predicted molar refractivity (Wildman–Crippen MR) is 130 cm³/mol. The fraction of sp³-hybridized carbons (Fsp3) is 0.333. The average molecular weight is 498 g/mol. The Hall–Kier alpha value is -3.59. The molecule has 2 aliphatic rings. The van der Waals surface area contributed by atoms with Gasteiger partial charge in [-0.2, -0.15) is 13.2 Å². The third-order valence-corrected chi connectivity index (χ3v) is 6.94. The number of carboxylic acids is 1. The standard InChI is InChI=1S/C27H26F3N3O3/c1-16-2-5-20(32-14-17-6-7-31-25(10-17)27(28,29)30)13-21(16)18-3-4-19-11-22(26(34)35)24-15-36-9-8-33(24)23(19)12-18/h2-7,10,12-13,22,24,32H,8-9,11,14-15H2,1H3,(H,34,35)/t22-,24-/m0/s1. The molecule has 2 N–H and O–H groups in total. The molecule has 5 rings (SSSR count). The number of morpholine rings is 1. The number of anilines is 2. The molecule has 1 aromatic heterocycles. The van der Waals surface area contributed by atoms with Crippen LogP contribution in [0.25, 0.3) is 11.1 Å². The SMILES string of the molecule is Cc1ccc(NCc2ccnc(C(F)(F)F)c2)cc1-c1ccc2c(c1)N1CCOC[C@H]1[C@@H](C(=O)O)C2. The van der Waals surface area contributed by atoms with Crippen LogP contribution in [0.15, 0.2) is 54.7 Å². The van der Waals surface area contributed by atoms with E-state index in [4.69, 9.17) is 4.74 Å². The first kappa shape index (κ1) is 24.1. The number of alkyl halides is 3. The lowest BCUT2D eigenvalue weighted by Crippen LogP contribution is -2.54. The van der Waals surface area contributed by atoms with Gasteiger partial charge in [0.25, 0.3) is 0 Å². The number of aromatic nitrogens is 1. The Balaban J connectivity index is 1.41. The Morgan fingerprint density at radius 2 is 2.03 bits per heavy atom. The zero-order chi connectivity index (χ0) is 25.4. The number of pyridine rings is 1. The van der Waals surface area contributed by atoms with Crippen molar-refractivity contribution in [1.82, 2.24) is 4.98 Å². The summed E-state index contributed by atoms with van der Waals surface area (Å²) in [4.78, 5) is 17.4. The number of hydrogen-bond donors (Lipinski definition) is 2. The van der Waals surface area contributed by atoms with Crippen molar-refractivity contribution >= 4 is 17.3 Å². The van der Waals surface area contributed by atoms with Gasteiger partial charge in [0.15, 0.2) is 0 Å². The number of aryl methyl sites for hydroxylation is 1. The number of nitrogens with zero attached hydrogens (tertiary/aromatic N) is 2. The first-order valence-electron chi connectivity index (χ1n) is 11.8. The highest BCUT2D eigenvalue weighted by Gasteiger charge is 2.40. The number of halogens is 3. The summed E-state index contributed by atoms with van der Waals surface area (Å²) in [5.74, 6) is -1.32. The fourth-order valence-corrected chi connectivity index (χ4v) is 5.04. The van der Waals surface area contributed by atoms with Gasteiger partial charge < -0.3 is 20.1 Å². The van der Waals surface area contributed by atoms with E-state index in [0.29, 0.717) is 31.7 Å². The maximum absolute atomic E-state index is 13.0. The van der Waals surface area contributed by atoms with E-state index in [1.54, 1.807) is 6.07 Å². The number of fused-ring (bicyclic) bond motifs is 3. The summed E-state index contributed by atoms with van der Waals surface area (Å²) in [7, 11) is 0. The van der Waals surface area contributed by atoms with Crippen LogP contribution in [0, 0.1) is 12.8 Å². The van der Waals surface area contributed by atoms with E-state index in [9.17, 15) is 23.1 Å². The van der Waals surface area contributed by atoms with Crippen LogP contribution < -0.4 is 10.2 Å². The molecule has 0 bridgehead atoms. The van der Waals surface area contributed by atoms with E-state index in [1.165, 1.54) is 6.20 Å². The molecule has 188 valence electrons. The zero-order valence-corrected chi connectivity index (χ0v) is 19.7. The number of benzene rings is 2. The number of ether oxygens (including phenoxy) is 1. The molecule has 2 atom stereocenters. The number of hydrogen-bond acceptors (Lipinski definition) is 5. The summed E-state index contributed by atoms with van der Waals surface area (Å²) in [6, 6.07) is 14.4. The van der Waals surface area contributed by atoms with E-state index in [1.807, 2.05) is 37.3 Å². The Morgan fingerprint density at radius 3 is 2.81 bits per heavy atom. The predicted octanol–water partition coefficient (Wildman–Crippen LogP) is 5.15. The molecule has 0 spiro atoms. The first-order valence-corrected chi connectivity index (χ1v) is 11.8. The minimum absolute atomic E-state index is 0.199. The third kappa shape index (κ3) is 4.75. The molecule has 3 heterocycles. The Kier molecular flexibility index (Phi) is 6.34. The molecule has 36 heavy (non-hydrogen) atoms. The van der Waals surface area contributed by atoms with Gasteiger partial charge in [0.2, 0.25) is 0 Å². The second-order valence-corrected chi connectivity index (χ2v) is 9.26. The second-order valence-electron chi connectivity index (χ2n) is 9.26. The minimum Gasteiger partial charge on any atom is -0.481 e. The number of rotatable bonds is 5. The molecule has 0 amide bonds. The molecule has 0 saturated carbocycles. The summed E-state index contributed by atoms with van der Waals surface area (Å²) in [6.07, 6.45) is -2.85. The molecule has 3 aromatic rings. The molecule has 0 radical (unpaired) electrons. The van der Waals surface area contributed by atoms with Crippen molar-refractivity contribution in [3.8, 4) is 11.1 Å². The topological polar surface area (TPSA) is 74.7 Å². The van der Waals surface area contributed by atoms with Crippen molar-refractivity contribution in [2.45, 2.75) is 32.1 Å². The van der Waals surface area contributed by atoms with Crippen LogP contribution in [0.2, 0.25) is 0 Å². The highest BCUT2D eigenvalue weighted by molar-refractivity contribution is 5.79. The van der Waals surface area contributed by atoms with E-state index in [2.05, 4.69) is 21.3 Å². The maximum atomic E-state index is 13.0. The van der Waals surface area contributed by atoms with Gasteiger partial charge in [-0.15, -0.1) is 0 Å². The normalized spacial score (nSPS) is 19.4. The largest absolute Gasteiger partial charge is 0.481 e. The monoisotopic (exact) mass is 497 g/mol. The number of aliphatic carboxylic acids is 1. The summed E-state index contributed by atoms with van der Waals surface area (Å²) >= 11 is 0. The number of carboxylic acid groups (broad SMARTS) is 1. The van der Waals surface area contributed by atoms with Crippen molar-refractivity contribution < 1.29 is 27.8 Å². The van der Waals surface area contributed by atoms with Gasteiger partial charge in [0, 0.05) is 30.7 Å². The average Bonchev–Trinajstić information content (AvgIpc) is 2.87. The minimum atomic E-state index is -4.48. The van der Waals surface area contributed by atoms with Gasteiger partial charge in [0.05, 0.1) is 25.2 Å². The van der Waals surface area contributed by atoms with Gasteiger partial charge in [-0.3, -0.25) is 9.78 Å². The van der Waals surface area contributed by atoms with Crippen LogP contribution in [0.1, 0.15) is 22.4 Å². The van der Waals surface area contributed by atoms with Gasteiger partial charge in [0.1, 0.15) is 5.69 Å². The van der Waals surface area contributed by atoms with Gasteiger partial charge in [-0.1, -0.05) is 18.2 Å². The summed E-state index contributed by atoms with van der Waals surface area (Å²) < 4.78 is 44.5. The Bertz CT molecular complexity index is 1290. The van der Waals surface area contributed by atoms with Crippen molar-refractivity contribution in [2.24, 2.45) is 5.92 Å². The van der Waals surface area contributed by atoms with E-state index in [0.717, 1.165) is 39.7 Å². The molecule has 1 saturated heterocycles. The van der Waals surface area contributed by atoms with Crippen molar-refractivity contribution in [3.63, 3.8) is 0 Å². The lowest BCUT2D eigenvalue weighted by Gasteiger charge is -2.45. The summed E-state index contributed by atoms with van der Waals surface area (Å²) in [6.45, 7) is 3.82. The van der Waals surface area contributed by atoms with Gasteiger partial charge in [-0.25, -0.2) is 0 Å². The lowest BCUT2D eigenvalue weighted by atomic mass is 9.84. The number of carbonyl (C=O) groups is 1. The molecule has 0 aliphatic carbocycles. The highest BCUT2D eigenvalue weighted by Crippen LogP contribution is 2.39. The summed E-state index contributed by atoms with van der Waals surface area (Å²) in [5, 5.41) is 13.0. The van der Waals surface area contributed by atoms with Gasteiger partial charge >= 0.3 is 12.1 Å². The quantitative estimate of drug-likeness (QED) is 0.508. The summed E-state index contributed by atoms with van der Waals surface area (Å²) in [5.41, 5.74) is 5.46. The van der Waals surface area contributed by atoms with Crippen LogP contribution in [-0.2, 0) is 28.7 Å². The van der Waals surface area contributed by atoms with E-state index < -0.39 is 23.8 Å². The molecular weight excluding hydrogens is 471 g/mol. The van der Waals surface area contributed by atoms with Crippen LogP contribution >= 0.6 is 0 Å². The van der Waals surface area contributed by atoms with Crippen molar-refractivity contribution in [3.05, 3.63) is 77.1 Å². The first-order chi connectivity index (χ1) is 17.2. The Labute approximate surface area is 206 Å². The maximum Gasteiger partial charge on any atom is 0.433 e. The smallest absolute Gasteiger partial charge is 0.433 e. The molecule has 2 aliphatic heterocycles. The van der Waals surface area contributed by atoms with E-state index in [-0.39, 0.29) is 12.6 Å². The fourth-order valence-electron chi connectivity index (χ4n) is 5.04. The zero-order valence-electron chi connectivity index (χ0n) is 19.7. The molecule has 2 aromatic carbocycles. The molecule has 1 fully saturated rings. The lowest BCUT2D eigenvalue weighted by molar-refractivity contribution is -0.144. The van der Waals surface area contributed by atoms with Crippen molar-refractivity contribution in [2.75, 3.05) is 30.0 Å². The number of nitrogens with one attached hydrogen (secondary N) is 1. The third-order valence-electron chi connectivity index (χ3n) is 6.94. The Morgan fingerprint density at radius 1 is 1.19 bits per heavy atom.